The van der Waals surface area contributed by atoms with E-state index in [1.165, 1.54) is 11.1 Å². The quantitative estimate of drug-likeness (QED) is 0.213. The molecule has 0 spiro atoms. The lowest BCUT2D eigenvalue weighted by molar-refractivity contribution is 0.217. The smallest absolute Gasteiger partial charge is 0.282 e. The Kier molecular flexibility index (Phi) is 7.84. The Balaban J connectivity index is 1.52. The Labute approximate surface area is 232 Å². The highest BCUT2D eigenvalue weighted by atomic mass is 79.9. The molecule has 1 atom stereocenters. The first-order valence-corrected chi connectivity index (χ1v) is 14.4. The summed E-state index contributed by atoms with van der Waals surface area (Å²) in [7, 11) is 0. The number of halogens is 1. The third-order valence-electron chi connectivity index (χ3n) is 7.59. The maximum atomic E-state index is 13.6. The van der Waals surface area contributed by atoms with Crippen LogP contribution in [0, 0.1) is 13.8 Å². The van der Waals surface area contributed by atoms with Gasteiger partial charge in [0.15, 0.2) is 0 Å². The molecule has 0 radical (unpaired) electrons. The third kappa shape index (κ3) is 5.35. The molecule has 1 fully saturated rings. The van der Waals surface area contributed by atoms with Crippen LogP contribution < -0.4 is 10.3 Å². The van der Waals surface area contributed by atoms with E-state index in [0.29, 0.717) is 5.39 Å². The minimum Gasteiger partial charge on any atom is -0.491 e. The molecule has 0 amide bonds. The second kappa shape index (κ2) is 11.3. The summed E-state index contributed by atoms with van der Waals surface area (Å²) in [4.78, 5) is 18.6. The molecule has 198 valence electrons. The number of fused-ring (bicyclic) bond motifs is 1. The van der Waals surface area contributed by atoms with Crippen molar-refractivity contribution >= 4 is 33.0 Å². The third-order valence-corrected chi connectivity index (χ3v) is 8.09. The van der Waals surface area contributed by atoms with Crippen LogP contribution in [0.4, 0.5) is 0 Å². The van der Waals surface area contributed by atoms with E-state index in [-0.39, 0.29) is 17.6 Å². The van der Waals surface area contributed by atoms with Crippen molar-refractivity contribution in [2.24, 2.45) is 5.10 Å². The van der Waals surface area contributed by atoms with E-state index in [4.69, 9.17) is 14.8 Å². The van der Waals surface area contributed by atoms with Crippen LogP contribution in [0.15, 0.2) is 62.9 Å². The van der Waals surface area contributed by atoms with Gasteiger partial charge in [0.05, 0.1) is 23.2 Å². The van der Waals surface area contributed by atoms with Gasteiger partial charge < -0.3 is 9.30 Å². The van der Waals surface area contributed by atoms with Gasteiger partial charge in [-0.2, -0.15) is 9.78 Å². The van der Waals surface area contributed by atoms with Gasteiger partial charge in [-0.05, 0) is 88.6 Å². The van der Waals surface area contributed by atoms with E-state index in [0.717, 1.165) is 76.3 Å². The Bertz CT molecular complexity index is 1530. The average Bonchev–Trinajstić information content (AvgIpc) is 3.21. The summed E-state index contributed by atoms with van der Waals surface area (Å²) in [6.45, 7) is 8.36. The van der Waals surface area contributed by atoms with Crippen LogP contribution in [0.3, 0.4) is 0 Å². The highest BCUT2D eigenvalue weighted by Crippen LogP contribution is 2.32. The number of benzene rings is 2. The molecule has 5 rings (SSSR count). The number of hydrogen-bond donors (Lipinski definition) is 0. The highest BCUT2D eigenvalue weighted by Gasteiger charge is 2.22. The van der Waals surface area contributed by atoms with Crippen LogP contribution in [0.5, 0.6) is 5.75 Å². The lowest BCUT2D eigenvalue weighted by Gasteiger charge is -2.22. The number of nitrogens with zero attached hydrogens (tertiary/aromatic N) is 4. The molecular weight excluding hydrogens is 540 g/mol. The van der Waals surface area contributed by atoms with Crippen molar-refractivity contribution in [2.75, 3.05) is 0 Å². The fourth-order valence-electron chi connectivity index (χ4n) is 5.33. The molecule has 2 heterocycles. The van der Waals surface area contributed by atoms with Crippen molar-refractivity contribution in [2.45, 2.75) is 78.2 Å². The molecule has 38 heavy (non-hydrogen) atoms. The first kappa shape index (κ1) is 26.4. The number of aryl methyl sites for hydroxylation is 1. The lowest BCUT2D eigenvalue weighted by Crippen LogP contribution is -2.25. The van der Waals surface area contributed by atoms with Crippen molar-refractivity contribution in [1.82, 2.24) is 14.2 Å². The van der Waals surface area contributed by atoms with Crippen LogP contribution in [-0.2, 0) is 0 Å². The fraction of sp³-hybridized carbons (Fsp3) is 0.387. The largest absolute Gasteiger partial charge is 0.491 e. The van der Waals surface area contributed by atoms with Crippen molar-refractivity contribution < 1.29 is 4.74 Å². The van der Waals surface area contributed by atoms with Gasteiger partial charge >= 0.3 is 0 Å². The Morgan fingerprint density at radius 1 is 1.11 bits per heavy atom. The van der Waals surface area contributed by atoms with Crippen LogP contribution in [0.1, 0.15) is 81.1 Å². The van der Waals surface area contributed by atoms with Crippen LogP contribution in [-0.4, -0.2) is 26.5 Å². The van der Waals surface area contributed by atoms with E-state index in [1.54, 1.807) is 6.21 Å². The molecule has 0 unspecified atom stereocenters. The summed E-state index contributed by atoms with van der Waals surface area (Å²) in [6.07, 6.45) is 8.59. The van der Waals surface area contributed by atoms with E-state index in [2.05, 4.69) is 66.4 Å². The first-order valence-electron chi connectivity index (χ1n) is 13.6. The van der Waals surface area contributed by atoms with Gasteiger partial charge in [-0.25, -0.2) is 4.98 Å². The zero-order chi connectivity index (χ0) is 26.8. The van der Waals surface area contributed by atoms with Gasteiger partial charge in [-0.3, -0.25) is 4.79 Å². The van der Waals surface area contributed by atoms with Crippen molar-refractivity contribution in [3.63, 3.8) is 0 Å². The van der Waals surface area contributed by atoms with Gasteiger partial charge in [0.2, 0.25) is 0 Å². The van der Waals surface area contributed by atoms with Gasteiger partial charge in [-0.1, -0.05) is 42.1 Å². The molecule has 0 saturated heterocycles. The van der Waals surface area contributed by atoms with Crippen molar-refractivity contribution in [1.29, 1.82) is 0 Å². The number of rotatable bonds is 7. The predicted octanol–water partition coefficient (Wildman–Crippen LogP) is 7.67. The number of aromatic nitrogens is 3. The molecule has 2 aromatic heterocycles. The van der Waals surface area contributed by atoms with Gasteiger partial charge in [-0.15, -0.1) is 0 Å². The van der Waals surface area contributed by atoms with E-state index >= 15 is 0 Å². The minimum atomic E-state index is -0.126. The topological polar surface area (TPSA) is 61.4 Å². The van der Waals surface area contributed by atoms with Gasteiger partial charge in [0.1, 0.15) is 11.6 Å². The number of hydrogen-bond acceptors (Lipinski definition) is 4. The van der Waals surface area contributed by atoms with Crippen molar-refractivity contribution in [3.8, 4) is 11.4 Å². The minimum absolute atomic E-state index is 0.126. The SMILES string of the molecule is CC[C@H](C)Oc1ccc(-n2c(C)cc(C=Nn3c(C4CCCCC4)nc4ccc(Br)cc4c3=O)c2C)cc1. The molecule has 1 aliphatic carbocycles. The molecule has 6 nitrogen and oxygen atoms in total. The molecule has 1 aliphatic rings. The molecule has 2 aromatic carbocycles. The van der Waals surface area contributed by atoms with Gasteiger partial charge in [0.25, 0.3) is 5.56 Å². The lowest BCUT2D eigenvalue weighted by atomic mass is 9.88. The molecule has 0 bridgehead atoms. The van der Waals surface area contributed by atoms with Crippen LogP contribution >= 0.6 is 15.9 Å². The summed E-state index contributed by atoms with van der Waals surface area (Å²) < 4.78 is 10.5. The second-order valence-electron chi connectivity index (χ2n) is 10.3. The van der Waals surface area contributed by atoms with Crippen LogP contribution in [0.25, 0.3) is 16.6 Å². The standard InChI is InChI=1S/C31H35BrN4O2/c1-5-21(3)38-27-14-12-26(13-15-27)35-20(2)17-24(22(35)4)19-33-36-30(23-9-7-6-8-10-23)34-29-16-11-25(32)18-28(29)31(36)37/h11-19,21,23H,5-10H2,1-4H3/t21-/m0/s1. The number of ether oxygens (including phenoxy) is 1. The highest BCUT2D eigenvalue weighted by molar-refractivity contribution is 9.10. The van der Waals surface area contributed by atoms with E-state index in [1.807, 2.05) is 30.3 Å². The molecule has 0 aliphatic heterocycles. The summed E-state index contributed by atoms with van der Waals surface area (Å²) in [6, 6.07) is 16.0. The normalized spacial score (nSPS) is 15.4. The van der Waals surface area contributed by atoms with Crippen LogP contribution in [0.2, 0.25) is 0 Å². The summed E-state index contributed by atoms with van der Waals surface area (Å²) in [5, 5.41) is 5.33. The summed E-state index contributed by atoms with van der Waals surface area (Å²) in [5.41, 5.74) is 4.79. The molecule has 0 N–H and O–H groups in total. The zero-order valence-electron chi connectivity index (χ0n) is 22.6. The fourth-order valence-corrected chi connectivity index (χ4v) is 5.69. The Hall–Kier alpha value is -3.19. The van der Waals surface area contributed by atoms with Crippen molar-refractivity contribution in [3.05, 3.63) is 86.1 Å². The average molecular weight is 576 g/mol. The van der Waals surface area contributed by atoms with E-state index in [9.17, 15) is 4.79 Å². The molecule has 1 saturated carbocycles. The first-order chi connectivity index (χ1) is 18.4. The second-order valence-corrected chi connectivity index (χ2v) is 11.2. The summed E-state index contributed by atoms with van der Waals surface area (Å²) >= 11 is 3.50. The maximum Gasteiger partial charge on any atom is 0.282 e. The van der Waals surface area contributed by atoms with Gasteiger partial charge in [0, 0.05) is 33.0 Å². The molecular formula is C31H35BrN4O2. The molecule has 4 aromatic rings. The monoisotopic (exact) mass is 574 g/mol. The van der Waals surface area contributed by atoms with E-state index < -0.39 is 0 Å². The summed E-state index contributed by atoms with van der Waals surface area (Å²) in [5.74, 6) is 1.88. The molecule has 7 heteroatoms. The predicted molar refractivity (Wildman–Crippen MR) is 158 cm³/mol. The maximum absolute atomic E-state index is 13.6. The Morgan fingerprint density at radius 3 is 2.55 bits per heavy atom. The Morgan fingerprint density at radius 2 is 1.84 bits per heavy atom. The zero-order valence-corrected chi connectivity index (χ0v) is 24.2.